The molecule has 10 heteroatoms. The highest BCUT2D eigenvalue weighted by Gasteiger charge is 2.39. The lowest BCUT2D eigenvalue weighted by Gasteiger charge is -2.39. The lowest BCUT2D eigenvalue weighted by Crippen LogP contribution is -2.46. The molecular formula is C29H33F3N4O3. The third-order valence-electron chi connectivity index (χ3n) is 7.66. The number of carbonyl (C=O) groups is 1. The second kappa shape index (κ2) is 12.3. The monoisotopic (exact) mass is 542 g/mol. The van der Waals surface area contributed by atoms with E-state index in [1.165, 1.54) is 4.90 Å². The molecule has 2 fully saturated rings. The van der Waals surface area contributed by atoms with Gasteiger partial charge in [-0.3, -0.25) is 4.79 Å². The van der Waals surface area contributed by atoms with Crippen LogP contribution in [0.5, 0.6) is 0 Å². The number of alkyl halides is 1. The molecule has 2 saturated heterocycles. The number of aromatic nitrogens is 2. The van der Waals surface area contributed by atoms with E-state index >= 15 is 0 Å². The summed E-state index contributed by atoms with van der Waals surface area (Å²) in [6.45, 7) is 1.33. The molecule has 1 aromatic heterocycles. The molecule has 0 spiro atoms. The van der Waals surface area contributed by atoms with E-state index in [2.05, 4.69) is 5.32 Å². The van der Waals surface area contributed by atoms with Crippen molar-refractivity contribution >= 4 is 5.91 Å². The first kappa shape index (κ1) is 27.4. The quantitative estimate of drug-likeness (QED) is 0.431. The fourth-order valence-corrected chi connectivity index (χ4v) is 5.63. The van der Waals surface area contributed by atoms with E-state index in [0.29, 0.717) is 45.0 Å². The Labute approximate surface area is 225 Å². The topological polar surface area (TPSA) is 79.6 Å². The number of hydrogen-bond acceptors (Lipinski definition) is 5. The van der Waals surface area contributed by atoms with E-state index in [0.717, 1.165) is 23.8 Å². The number of carbonyl (C=O) groups excluding carboxylic acids is 1. The van der Waals surface area contributed by atoms with Crippen LogP contribution in [0, 0.1) is 23.5 Å². The van der Waals surface area contributed by atoms with Crippen LogP contribution in [-0.4, -0.2) is 71.1 Å². The van der Waals surface area contributed by atoms with Crippen molar-refractivity contribution in [2.75, 3.05) is 39.5 Å². The van der Waals surface area contributed by atoms with Crippen molar-refractivity contribution in [2.24, 2.45) is 11.8 Å². The molecule has 2 aliphatic heterocycles. The standard InChI is InChI=1S/C29H33F3N4O3/c30-22-6-7-24(31)23(12-22)26-17-35(15-19-4-2-1-3-5-19)29(34-26)28(20-8-10-39-11-9-20)36(27(38)18-37)16-21-13-33-14-25(21)32/h1-7,12,17,20-21,25,28,33,37H,8-11,13-16,18H2. The van der Waals surface area contributed by atoms with Gasteiger partial charge in [-0.15, -0.1) is 0 Å². The third-order valence-corrected chi connectivity index (χ3v) is 7.66. The van der Waals surface area contributed by atoms with Crippen LogP contribution < -0.4 is 5.32 Å². The van der Waals surface area contributed by atoms with E-state index in [9.17, 15) is 23.1 Å². The number of hydrogen-bond donors (Lipinski definition) is 2. The van der Waals surface area contributed by atoms with Gasteiger partial charge in [-0.05, 0) is 42.5 Å². The fourth-order valence-electron chi connectivity index (χ4n) is 5.63. The summed E-state index contributed by atoms with van der Waals surface area (Å²) in [4.78, 5) is 19.6. The zero-order valence-corrected chi connectivity index (χ0v) is 21.6. The maximum atomic E-state index is 14.9. The van der Waals surface area contributed by atoms with Crippen molar-refractivity contribution in [1.82, 2.24) is 19.8 Å². The summed E-state index contributed by atoms with van der Waals surface area (Å²) in [5.74, 6) is -1.79. The molecule has 5 rings (SSSR count). The minimum absolute atomic E-state index is 0.0117. The normalized spacial score (nSPS) is 20.7. The van der Waals surface area contributed by atoms with Crippen molar-refractivity contribution < 1.29 is 27.8 Å². The highest BCUT2D eigenvalue weighted by Crippen LogP contribution is 2.38. The lowest BCUT2D eigenvalue weighted by atomic mass is 9.88. The molecule has 3 aromatic rings. The van der Waals surface area contributed by atoms with Crippen molar-refractivity contribution in [1.29, 1.82) is 0 Å². The van der Waals surface area contributed by atoms with Crippen LogP contribution in [-0.2, 0) is 16.1 Å². The van der Waals surface area contributed by atoms with Crippen LogP contribution in [0.15, 0.2) is 54.7 Å². The number of aliphatic hydroxyl groups is 1. The molecule has 2 N–H and O–H groups in total. The van der Waals surface area contributed by atoms with Gasteiger partial charge in [-0.2, -0.15) is 0 Å². The van der Waals surface area contributed by atoms with E-state index < -0.39 is 42.3 Å². The number of aliphatic hydroxyl groups excluding tert-OH is 1. The summed E-state index contributed by atoms with van der Waals surface area (Å²) in [6, 6.07) is 12.2. The number of halogens is 3. The smallest absolute Gasteiger partial charge is 0.248 e. The Balaban J connectivity index is 1.64. The van der Waals surface area contributed by atoms with E-state index in [1.54, 1.807) is 6.20 Å². The second-order valence-electron chi connectivity index (χ2n) is 10.3. The predicted molar refractivity (Wildman–Crippen MR) is 139 cm³/mol. The largest absolute Gasteiger partial charge is 0.387 e. The van der Waals surface area contributed by atoms with E-state index in [4.69, 9.17) is 9.72 Å². The molecule has 39 heavy (non-hydrogen) atoms. The van der Waals surface area contributed by atoms with Gasteiger partial charge in [-0.25, -0.2) is 18.2 Å². The molecule has 208 valence electrons. The van der Waals surface area contributed by atoms with Crippen LogP contribution in [0.1, 0.15) is 30.3 Å². The summed E-state index contributed by atoms with van der Waals surface area (Å²) in [5, 5.41) is 13.0. The highest BCUT2D eigenvalue weighted by atomic mass is 19.1. The lowest BCUT2D eigenvalue weighted by molar-refractivity contribution is -0.140. The van der Waals surface area contributed by atoms with Crippen LogP contribution in [0.2, 0.25) is 0 Å². The molecule has 7 nitrogen and oxygen atoms in total. The molecule has 3 unspecified atom stereocenters. The average Bonchev–Trinajstić information content (AvgIpc) is 3.56. The maximum absolute atomic E-state index is 14.9. The van der Waals surface area contributed by atoms with Gasteiger partial charge in [0.2, 0.25) is 5.91 Å². The van der Waals surface area contributed by atoms with Crippen LogP contribution in [0.25, 0.3) is 11.3 Å². The molecular weight excluding hydrogens is 509 g/mol. The maximum Gasteiger partial charge on any atom is 0.248 e. The Hall–Kier alpha value is -3.21. The Morgan fingerprint density at radius 1 is 1.15 bits per heavy atom. The van der Waals surface area contributed by atoms with Crippen LogP contribution in [0.4, 0.5) is 13.2 Å². The number of benzene rings is 2. The van der Waals surface area contributed by atoms with Crippen LogP contribution >= 0.6 is 0 Å². The third kappa shape index (κ3) is 6.18. The summed E-state index contributed by atoms with van der Waals surface area (Å²) >= 11 is 0. The number of imidazole rings is 1. The van der Waals surface area contributed by atoms with E-state index in [-0.39, 0.29) is 30.3 Å². The molecule has 0 aliphatic carbocycles. The van der Waals surface area contributed by atoms with Gasteiger partial charge >= 0.3 is 0 Å². The number of ether oxygens (including phenoxy) is 1. The van der Waals surface area contributed by atoms with Crippen molar-refractivity contribution in [3.05, 3.63) is 77.8 Å². The molecule has 2 aliphatic rings. The predicted octanol–water partition coefficient (Wildman–Crippen LogP) is 3.72. The molecule has 0 radical (unpaired) electrons. The molecule has 0 saturated carbocycles. The second-order valence-corrected chi connectivity index (χ2v) is 10.3. The van der Waals surface area contributed by atoms with Gasteiger partial charge in [0.1, 0.15) is 30.2 Å². The minimum Gasteiger partial charge on any atom is -0.387 e. The summed E-state index contributed by atoms with van der Waals surface area (Å²) in [7, 11) is 0. The zero-order chi connectivity index (χ0) is 27.4. The van der Waals surface area contributed by atoms with Crippen molar-refractivity contribution in [2.45, 2.75) is 31.6 Å². The van der Waals surface area contributed by atoms with Gasteiger partial charge in [0, 0.05) is 57.1 Å². The summed E-state index contributed by atoms with van der Waals surface area (Å²) in [5.41, 5.74) is 1.20. The molecule has 2 aromatic carbocycles. The zero-order valence-electron chi connectivity index (χ0n) is 21.6. The van der Waals surface area contributed by atoms with E-state index in [1.807, 2.05) is 34.9 Å². The molecule has 1 amide bonds. The average molecular weight is 543 g/mol. The molecule has 3 heterocycles. The number of nitrogens with zero attached hydrogens (tertiary/aromatic N) is 3. The fraction of sp³-hybridized carbons (Fsp3) is 0.448. The Morgan fingerprint density at radius 2 is 1.92 bits per heavy atom. The Bertz CT molecular complexity index is 1270. The number of amides is 1. The van der Waals surface area contributed by atoms with Crippen LogP contribution in [0.3, 0.4) is 0 Å². The number of nitrogens with one attached hydrogen (secondary N) is 1. The van der Waals surface area contributed by atoms with Crippen molar-refractivity contribution in [3.63, 3.8) is 0 Å². The highest BCUT2D eigenvalue weighted by molar-refractivity contribution is 5.77. The first-order valence-electron chi connectivity index (χ1n) is 13.3. The first-order chi connectivity index (χ1) is 18.9. The number of rotatable bonds is 9. The van der Waals surface area contributed by atoms with Gasteiger partial charge in [0.15, 0.2) is 0 Å². The van der Waals surface area contributed by atoms with Crippen molar-refractivity contribution in [3.8, 4) is 11.3 Å². The minimum atomic E-state index is -1.13. The summed E-state index contributed by atoms with van der Waals surface area (Å²) < 4.78 is 51.2. The first-order valence-corrected chi connectivity index (χ1v) is 13.3. The molecule has 3 atom stereocenters. The Kier molecular flexibility index (Phi) is 8.64. The summed E-state index contributed by atoms with van der Waals surface area (Å²) in [6.07, 6.45) is 1.80. The van der Waals surface area contributed by atoms with Gasteiger partial charge in [0.05, 0.1) is 11.7 Å². The Morgan fingerprint density at radius 3 is 2.62 bits per heavy atom. The van der Waals surface area contributed by atoms with Gasteiger partial charge in [0.25, 0.3) is 0 Å². The van der Waals surface area contributed by atoms with Gasteiger partial charge < -0.3 is 24.6 Å². The van der Waals surface area contributed by atoms with Gasteiger partial charge in [-0.1, -0.05) is 30.3 Å². The SMILES string of the molecule is O=C(CO)N(CC1CNCC1F)C(c1nc(-c2cc(F)ccc2F)cn1Cc1ccccc1)C1CCOCC1. The molecule has 0 bridgehead atoms.